The van der Waals surface area contributed by atoms with Crippen molar-refractivity contribution in [2.75, 3.05) is 25.1 Å². The van der Waals surface area contributed by atoms with Crippen molar-refractivity contribution in [3.8, 4) is 0 Å². The van der Waals surface area contributed by atoms with Crippen molar-refractivity contribution < 1.29 is 26.4 Å². The number of rotatable bonds is 5. The Morgan fingerprint density at radius 1 is 1.00 bits per heavy atom. The van der Waals surface area contributed by atoms with E-state index in [0.717, 1.165) is 24.4 Å². The number of aromatic nitrogens is 1. The summed E-state index contributed by atoms with van der Waals surface area (Å²) < 4.78 is 2.21. The summed E-state index contributed by atoms with van der Waals surface area (Å²) >= 11 is 0. The molecule has 0 unspecified atom stereocenters. The SMILES string of the molecule is CON=C(C[n+]1cccc2ccccc21)c1ccc(N2CCCC2)cc1.[Br-]. The van der Waals surface area contributed by atoms with Gasteiger partial charge < -0.3 is 26.7 Å². The van der Waals surface area contributed by atoms with Gasteiger partial charge in [-0.2, -0.15) is 4.57 Å². The van der Waals surface area contributed by atoms with Crippen LogP contribution >= 0.6 is 0 Å². The van der Waals surface area contributed by atoms with E-state index >= 15 is 0 Å². The van der Waals surface area contributed by atoms with Crippen LogP contribution in [0.3, 0.4) is 0 Å². The van der Waals surface area contributed by atoms with Crippen LogP contribution in [-0.2, 0) is 11.4 Å². The van der Waals surface area contributed by atoms with E-state index in [-0.39, 0.29) is 17.0 Å². The molecule has 0 saturated carbocycles. The van der Waals surface area contributed by atoms with E-state index < -0.39 is 0 Å². The first-order valence-corrected chi connectivity index (χ1v) is 9.18. The Hall–Kier alpha value is -2.40. The predicted octanol–water partition coefficient (Wildman–Crippen LogP) is 0.782. The van der Waals surface area contributed by atoms with E-state index in [1.807, 2.05) is 0 Å². The molecule has 0 N–H and O–H groups in total. The van der Waals surface area contributed by atoms with Gasteiger partial charge in [0.25, 0.3) is 0 Å². The van der Waals surface area contributed by atoms with Gasteiger partial charge in [0, 0.05) is 41.9 Å². The molecule has 5 heteroatoms. The first-order chi connectivity index (χ1) is 12.8. The number of anilines is 1. The molecule has 1 aliphatic rings. The molecule has 0 bridgehead atoms. The van der Waals surface area contributed by atoms with E-state index in [1.54, 1.807) is 7.11 Å². The lowest BCUT2D eigenvalue weighted by molar-refractivity contribution is -0.655. The highest BCUT2D eigenvalue weighted by Crippen LogP contribution is 2.21. The van der Waals surface area contributed by atoms with Crippen LogP contribution in [0.25, 0.3) is 10.9 Å². The minimum absolute atomic E-state index is 0. The van der Waals surface area contributed by atoms with E-state index in [9.17, 15) is 0 Å². The molecule has 2 heterocycles. The quantitative estimate of drug-likeness (QED) is 0.343. The number of nitrogens with zero attached hydrogens (tertiary/aromatic N) is 3. The van der Waals surface area contributed by atoms with Crippen molar-refractivity contribution in [3.63, 3.8) is 0 Å². The van der Waals surface area contributed by atoms with Gasteiger partial charge in [-0.05, 0) is 37.1 Å². The zero-order valence-corrected chi connectivity index (χ0v) is 17.1. The maximum atomic E-state index is 5.14. The molecular weight excluding hydrogens is 402 g/mol. The molecule has 0 atom stereocenters. The van der Waals surface area contributed by atoms with Crippen LogP contribution in [0, 0.1) is 0 Å². The molecule has 3 aromatic rings. The average molecular weight is 426 g/mol. The van der Waals surface area contributed by atoms with E-state index in [0.29, 0.717) is 6.54 Å². The Labute approximate surface area is 170 Å². The van der Waals surface area contributed by atoms with Gasteiger partial charge in [0.1, 0.15) is 7.11 Å². The molecular formula is C22H24BrN3O. The van der Waals surface area contributed by atoms with Gasteiger partial charge in [0.15, 0.2) is 18.5 Å². The second-order valence-electron chi connectivity index (χ2n) is 6.66. The summed E-state index contributed by atoms with van der Waals surface area (Å²) in [6, 6.07) is 21.3. The minimum atomic E-state index is 0. The first-order valence-electron chi connectivity index (χ1n) is 9.18. The van der Waals surface area contributed by atoms with Gasteiger partial charge in [-0.15, -0.1) is 0 Å². The van der Waals surface area contributed by atoms with E-state index in [1.165, 1.54) is 29.4 Å². The van der Waals surface area contributed by atoms with Gasteiger partial charge in [0.2, 0.25) is 5.52 Å². The Morgan fingerprint density at radius 3 is 2.44 bits per heavy atom. The summed E-state index contributed by atoms with van der Waals surface area (Å²) in [4.78, 5) is 7.58. The summed E-state index contributed by atoms with van der Waals surface area (Å²) in [5.74, 6) is 0. The summed E-state index contributed by atoms with van der Waals surface area (Å²) in [7, 11) is 1.60. The molecule has 4 rings (SSSR count). The lowest BCUT2D eigenvalue weighted by Gasteiger charge is -2.17. The van der Waals surface area contributed by atoms with Crippen LogP contribution in [0.5, 0.6) is 0 Å². The van der Waals surface area contributed by atoms with Crippen LogP contribution in [0.2, 0.25) is 0 Å². The lowest BCUT2D eigenvalue weighted by Crippen LogP contribution is -3.00. The highest BCUT2D eigenvalue weighted by molar-refractivity contribution is 5.99. The third-order valence-corrected chi connectivity index (χ3v) is 4.98. The first kappa shape index (κ1) is 19.4. The number of para-hydroxylation sites is 1. The van der Waals surface area contributed by atoms with Crippen molar-refractivity contribution in [2.24, 2.45) is 5.16 Å². The Morgan fingerprint density at radius 2 is 1.70 bits per heavy atom. The standard InChI is InChI=1S/C22H24N3O.BrH/c1-26-23-21(17-25-16-6-8-19-7-2-3-9-22(19)25)18-10-12-20(13-11-18)24-14-4-5-15-24;/h2-3,6-13,16H,4-5,14-15,17H2,1H3;1H/q+1;/p-1. The van der Waals surface area contributed by atoms with Gasteiger partial charge >= 0.3 is 0 Å². The molecule has 2 aromatic carbocycles. The van der Waals surface area contributed by atoms with Crippen molar-refractivity contribution >= 4 is 22.3 Å². The fourth-order valence-electron chi connectivity index (χ4n) is 3.64. The van der Waals surface area contributed by atoms with Gasteiger partial charge in [-0.3, -0.25) is 0 Å². The molecule has 0 amide bonds. The third kappa shape index (κ3) is 4.30. The molecule has 1 fully saturated rings. The zero-order chi connectivity index (χ0) is 17.8. The number of pyridine rings is 1. The van der Waals surface area contributed by atoms with Crippen molar-refractivity contribution in [1.82, 2.24) is 0 Å². The summed E-state index contributed by atoms with van der Waals surface area (Å²) in [6.07, 6.45) is 4.66. The summed E-state index contributed by atoms with van der Waals surface area (Å²) in [5, 5.41) is 5.52. The molecule has 1 saturated heterocycles. The average Bonchev–Trinajstić information content (AvgIpc) is 3.23. The molecule has 27 heavy (non-hydrogen) atoms. The van der Waals surface area contributed by atoms with Crippen molar-refractivity contribution in [1.29, 1.82) is 0 Å². The number of oxime groups is 1. The van der Waals surface area contributed by atoms with Crippen LogP contribution in [0.1, 0.15) is 18.4 Å². The smallest absolute Gasteiger partial charge is 0.212 e. The topological polar surface area (TPSA) is 28.7 Å². The van der Waals surface area contributed by atoms with Crippen LogP contribution in [0.4, 0.5) is 5.69 Å². The molecule has 0 radical (unpaired) electrons. The maximum absolute atomic E-state index is 5.14. The molecule has 0 spiro atoms. The molecule has 4 nitrogen and oxygen atoms in total. The van der Waals surface area contributed by atoms with Gasteiger partial charge in [0.05, 0.1) is 0 Å². The number of halogens is 1. The monoisotopic (exact) mass is 425 g/mol. The van der Waals surface area contributed by atoms with Crippen LogP contribution in [-0.4, -0.2) is 25.9 Å². The number of benzene rings is 2. The zero-order valence-electron chi connectivity index (χ0n) is 15.5. The fourth-order valence-corrected chi connectivity index (χ4v) is 3.64. The Bertz CT molecular complexity index is 913. The third-order valence-electron chi connectivity index (χ3n) is 4.98. The van der Waals surface area contributed by atoms with Crippen LogP contribution in [0.15, 0.2) is 72.0 Å². The fraction of sp³-hybridized carbons (Fsp3) is 0.273. The van der Waals surface area contributed by atoms with E-state index in [4.69, 9.17) is 4.84 Å². The molecule has 1 aliphatic heterocycles. The largest absolute Gasteiger partial charge is 1.00 e. The van der Waals surface area contributed by atoms with Gasteiger partial charge in [-0.25, -0.2) is 0 Å². The lowest BCUT2D eigenvalue weighted by atomic mass is 10.1. The van der Waals surface area contributed by atoms with Crippen molar-refractivity contribution in [2.45, 2.75) is 19.4 Å². The minimum Gasteiger partial charge on any atom is -1.00 e. The molecule has 1 aromatic heterocycles. The molecule has 0 aliphatic carbocycles. The number of hydrogen-bond donors (Lipinski definition) is 0. The Kier molecular flexibility index (Phi) is 6.45. The summed E-state index contributed by atoms with van der Waals surface area (Å²) in [5.41, 5.74) is 4.49. The van der Waals surface area contributed by atoms with Crippen molar-refractivity contribution in [3.05, 3.63) is 72.4 Å². The highest BCUT2D eigenvalue weighted by Gasteiger charge is 2.16. The predicted molar refractivity (Wildman–Crippen MR) is 106 cm³/mol. The Balaban J connectivity index is 0.00000210. The van der Waals surface area contributed by atoms with E-state index in [2.05, 4.69) is 81.5 Å². The highest BCUT2D eigenvalue weighted by atomic mass is 79.9. The van der Waals surface area contributed by atoms with Crippen LogP contribution < -0.4 is 26.4 Å². The number of hydrogen-bond acceptors (Lipinski definition) is 3. The second kappa shape index (κ2) is 9.00. The number of fused-ring (bicyclic) bond motifs is 1. The molecule has 140 valence electrons. The normalized spacial score (nSPS) is 14.3. The summed E-state index contributed by atoms with van der Waals surface area (Å²) in [6.45, 7) is 2.98. The maximum Gasteiger partial charge on any atom is 0.212 e. The second-order valence-corrected chi connectivity index (χ2v) is 6.66. The van der Waals surface area contributed by atoms with Gasteiger partial charge in [-0.1, -0.05) is 29.4 Å².